The summed E-state index contributed by atoms with van der Waals surface area (Å²) in [4.78, 5) is 8.97. The average molecular weight is 979 g/mol. The van der Waals surface area contributed by atoms with Crippen molar-refractivity contribution in [3.8, 4) is 44.8 Å². The van der Waals surface area contributed by atoms with Crippen molar-refractivity contribution in [2.24, 2.45) is 5.41 Å². The fourth-order valence-electron chi connectivity index (χ4n) is 7.54. The Balaban J connectivity index is 0.000000312. The molecule has 8 aromatic rings. The van der Waals surface area contributed by atoms with Crippen molar-refractivity contribution in [3.63, 3.8) is 0 Å². The minimum absolute atomic E-state index is 0. The van der Waals surface area contributed by atoms with Crippen LogP contribution < -0.4 is 5.19 Å². The van der Waals surface area contributed by atoms with E-state index in [2.05, 4.69) is 61.7 Å². The number of fused-ring (bicyclic) bond motifs is 3. The summed E-state index contributed by atoms with van der Waals surface area (Å²) in [6, 6.07) is 38.8. The molecule has 1 aliphatic carbocycles. The normalized spacial score (nSPS) is 17.1. The summed E-state index contributed by atoms with van der Waals surface area (Å²) in [6.07, 6.45) is 5.88. The molecule has 3 nitrogen and oxygen atoms in total. The summed E-state index contributed by atoms with van der Waals surface area (Å²) in [6.45, 7) is 5.87. The van der Waals surface area contributed by atoms with Crippen LogP contribution in [0, 0.1) is 37.1 Å². The number of furan rings is 1. The molecule has 0 spiro atoms. The van der Waals surface area contributed by atoms with Gasteiger partial charge in [0.15, 0.2) is 0 Å². The number of halogens is 1. The van der Waals surface area contributed by atoms with Crippen LogP contribution in [0.5, 0.6) is 0 Å². The molecule has 0 N–H and O–H groups in total. The number of aromatic nitrogens is 2. The summed E-state index contributed by atoms with van der Waals surface area (Å²) in [5.41, 5.74) is 6.06. The van der Waals surface area contributed by atoms with E-state index in [1.165, 1.54) is 35.6 Å². The van der Waals surface area contributed by atoms with E-state index in [0.717, 1.165) is 46.0 Å². The third-order valence-corrected chi connectivity index (χ3v) is 13.2. The number of pyridine rings is 2. The number of hydrogen-bond donors (Lipinski definition) is 0. The Bertz CT molecular complexity index is 3050. The van der Waals surface area contributed by atoms with Crippen LogP contribution in [0.3, 0.4) is 0 Å². The first-order valence-electron chi connectivity index (χ1n) is 23.7. The van der Waals surface area contributed by atoms with Crippen molar-refractivity contribution in [3.05, 3.63) is 162 Å². The van der Waals surface area contributed by atoms with Crippen LogP contribution >= 0.6 is 0 Å². The molecule has 301 valence electrons. The second-order valence-electron chi connectivity index (χ2n) is 16.9. The molecule has 59 heavy (non-hydrogen) atoms. The Kier molecular flexibility index (Phi) is 9.62. The molecular formula is C53H51FIrN2OSi-2. The molecule has 0 saturated heterocycles. The first-order valence-corrected chi connectivity index (χ1v) is 23.2. The Labute approximate surface area is 374 Å². The first-order chi connectivity index (χ1) is 31.0. The van der Waals surface area contributed by atoms with E-state index in [1.54, 1.807) is 18.2 Å². The number of hydrogen-bond acceptors (Lipinski definition) is 3. The van der Waals surface area contributed by atoms with Crippen LogP contribution in [0.25, 0.3) is 66.7 Å². The molecule has 0 aliphatic heterocycles. The molecule has 5 aromatic carbocycles. The average Bonchev–Trinajstić information content (AvgIpc) is 3.65. The quantitative estimate of drug-likeness (QED) is 0.123. The molecule has 1 aliphatic rings. The molecule has 1 saturated carbocycles. The summed E-state index contributed by atoms with van der Waals surface area (Å²) >= 11 is 0. The van der Waals surface area contributed by atoms with E-state index in [-0.39, 0.29) is 59.6 Å². The Morgan fingerprint density at radius 3 is 2.27 bits per heavy atom. The number of benzene rings is 5. The van der Waals surface area contributed by atoms with E-state index in [9.17, 15) is 5.76 Å². The van der Waals surface area contributed by atoms with Crippen LogP contribution in [-0.2, 0) is 20.1 Å². The maximum absolute atomic E-state index is 12.8. The van der Waals surface area contributed by atoms with E-state index >= 15 is 0 Å². The number of aryl methyl sites for hydroxylation is 2. The minimum atomic E-state index is -2.68. The van der Waals surface area contributed by atoms with Gasteiger partial charge in [0.05, 0.1) is 15.0 Å². The van der Waals surface area contributed by atoms with Crippen molar-refractivity contribution in [1.82, 2.24) is 9.97 Å². The topological polar surface area (TPSA) is 38.9 Å². The number of rotatable bonds is 6. The summed E-state index contributed by atoms with van der Waals surface area (Å²) in [5, 5.41) is 3.05. The predicted octanol–water partition coefficient (Wildman–Crippen LogP) is 14.3. The monoisotopic (exact) mass is 979 g/mol. The van der Waals surface area contributed by atoms with Crippen molar-refractivity contribution in [2.45, 2.75) is 78.8 Å². The summed E-state index contributed by atoms with van der Waals surface area (Å²) in [7, 11) is -1.30. The SMILES string of the molecule is C[Si](C)(C)c1ccc(-c2[c-]cc(F)cc2)nc1.[2H]c1cc(C2([2H])CCC(C)(C)CC2)cc(C([2H])([2H])[2H])c1-c1cc(-c2[c-]ccc3c2oc2cc(-c4ccccc4)ccc23)ncc1C([2H])([2H])[2H].[Ir]. The molecule has 0 bridgehead atoms. The maximum Gasteiger partial charge on any atom is 0.121 e. The van der Waals surface area contributed by atoms with Gasteiger partial charge >= 0.3 is 0 Å². The van der Waals surface area contributed by atoms with Gasteiger partial charge in [0.2, 0.25) is 0 Å². The zero-order valence-electron chi connectivity index (χ0n) is 41.9. The molecule has 0 unspecified atom stereocenters. The third kappa shape index (κ3) is 9.26. The smallest absolute Gasteiger partial charge is 0.121 e. The molecule has 0 amide bonds. The van der Waals surface area contributed by atoms with E-state index < -0.39 is 27.7 Å². The molecule has 6 heteroatoms. The van der Waals surface area contributed by atoms with Gasteiger partial charge in [-0.1, -0.05) is 123 Å². The summed E-state index contributed by atoms with van der Waals surface area (Å²) < 4.78 is 88.2. The summed E-state index contributed by atoms with van der Waals surface area (Å²) in [5.74, 6) is -1.31. The van der Waals surface area contributed by atoms with Gasteiger partial charge in [-0.05, 0) is 112 Å². The third-order valence-electron chi connectivity index (χ3n) is 11.2. The fraction of sp³-hybridized carbons (Fsp3) is 0.245. The molecule has 0 atom stereocenters. The van der Waals surface area contributed by atoms with Crippen LogP contribution in [0.2, 0.25) is 19.6 Å². The zero-order chi connectivity index (χ0) is 47.4. The van der Waals surface area contributed by atoms with Gasteiger partial charge in [-0.2, -0.15) is 0 Å². The van der Waals surface area contributed by atoms with Crippen molar-refractivity contribution in [2.75, 3.05) is 0 Å². The van der Waals surface area contributed by atoms with Crippen molar-refractivity contribution in [1.29, 1.82) is 0 Å². The second-order valence-corrected chi connectivity index (χ2v) is 22.0. The first kappa shape index (κ1) is 32.8. The van der Waals surface area contributed by atoms with Gasteiger partial charge in [-0.25, -0.2) is 0 Å². The Morgan fingerprint density at radius 1 is 0.797 bits per heavy atom. The van der Waals surface area contributed by atoms with E-state index in [1.807, 2.05) is 66.9 Å². The predicted molar refractivity (Wildman–Crippen MR) is 243 cm³/mol. The second kappa shape index (κ2) is 17.3. The molecule has 1 fully saturated rings. The number of nitrogens with zero attached hydrogens (tertiary/aromatic N) is 2. The largest absolute Gasteiger partial charge is 0.501 e. The molecule has 9 rings (SSSR count). The van der Waals surface area contributed by atoms with E-state index in [4.69, 9.17) is 14.0 Å². The van der Waals surface area contributed by atoms with Gasteiger partial charge in [-0.15, -0.1) is 48.0 Å². The van der Waals surface area contributed by atoms with Crippen LogP contribution in [0.1, 0.15) is 73.1 Å². The zero-order valence-corrected chi connectivity index (χ0v) is 37.3. The van der Waals surface area contributed by atoms with E-state index in [0.29, 0.717) is 40.8 Å². The standard InChI is InChI=1S/C39H36NO.C14H15FNSi.Ir/c1-25-21-29(28-17-19-39(3,4)20-18-28)13-15-31(25)35-23-36(40-24-26(35)2)34-12-8-11-33-32-16-14-30(22-37(32)41-38(33)34)27-9-6-5-7-10-27;1-17(2,3)13-8-9-14(16-10-13)11-4-6-12(15)7-5-11;/h5-11,13-16,21-24,28H,17-20H2,1-4H3;4,6-10H,1-3H3;/q2*-1;/i1D3,2D3,15D,28D;;. The molecule has 3 heterocycles. The van der Waals surface area contributed by atoms with Crippen LogP contribution in [0.15, 0.2) is 132 Å². The van der Waals surface area contributed by atoms with Crippen molar-refractivity contribution >= 4 is 35.2 Å². The Hall–Kier alpha value is -5.00. The Morgan fingerprint density at radius 2 is 1.58 bits per heavy atom. The molecule has 1 radical (unpaired) electrons. The van der Waals surface area contributed by atoms with Crippen molar-refractivity contribution < 1.29 is 39.9 Å². The maximum atomic E-state index is 12.8. The van der Waals surface area contributed by atoms with Gasteiger partial charge in [-0.3, -0.25) is 4.39 Å². The molecular weight excluding hydrogens is 920 g/mol. The van der Waals surface area contributed by atoms with Crippen LogP contribution in [-0.4, -0.2) is 18.0 Å². The van der Waals surface area contributed by atoms with Gasteiger partial charge in [0.1, 0.15) is 5.58 Å². The molecule has 3 aromatic heterocycles. The fourth-order valence-corrected chi connectivity index (χ4v) is 8.58. The van der Waals surface area contributed by atoms with Gasteiger partial charge < -0.3 is 14.4 Å². The van der Waals surface area contributed by atoms with Gasteiger partial charge in [0.25, 0.3) is 0 Å². The minimum Gasteiger partial charge on any atom is -0.501 e. The van der Waals surface area contributed by atoms with Crippen LogP contribution in [0.4, 0.5) is 4.39 Å². The van der Waals surface area contributed by atoms with Gasteiger partial charge in [0, 0.05) is 53.3 Å².